The van der Waals surface area contributed by atoms with Crippen LogP contribution in [0.3, 0.4) is 0 Å². The van der Waals surface area contributed by atoms with Crippen molar-refractivity contribution in [3.05, 3.63) is 0 Å². The topological polar surface area (TPSA) is 32.3 Å². The summed E-state index contributed by atoms with van der Waals surface area (Å²) < 4.78 is 0. The number of hydrogen-bond acceptors (Lipinski definition) is 3. The average Bonchev–Trinajstić information content (AvgIpc) is 2.13. The third kappa shape index (κ3) is 10.2. The van der Waals surface area contributed by atoms with Gasteiger partial charge < -0.3 is 10.4 Å². The number of hydrogen-bond donors (Lipinski definition) is 2. The van der Waals surface area contributed by atoms with Gasteiger partial charge >= 0.3 is 0 Å². The van der Waals surface area contributed by atoms with Crippen LogP contribution in [0, 0.1) is 0 Å². The van der Waals surface area contributed by atoms with Gasteiger partial charge in [-0.3, -0.25) is 0 Å². The van der Waals surface area contributed by atoms with Crippen molar-refractivity contribution >= 4 is 11.8 Å². The van der Waals surface area contributed by atoms with Crippen molar-refractivity contribution in [1.29, 1.82) is 0 Å². The molecule has 80 valence electrons. The van der Waals surface area contributed by atoms with Crippen molar-refractivity contribution in [2.45, 2.75) is 39.2 Å². The highest BCUT2D eigenvalue weighted by molar-refractivity contribution is 7.99. The molecule has 1 unspecified atom stereocenters. The Labute approximate surface area is 86.5 Å². The molecule has 0 bridgehead atoms. The number of rotatable bonds is 9. The van der Waals surface area contributed by atoms with Gasteiger partial charge in [-0.15, -0.1) is 0 Å². The Balaban J connectivity index is 3.05. The summed E-state index contributed by atoms with van der Waals surface area (Å²) in [4.78, 5) is 0. The zero-order chi connectivity index (χ0) is 9.94. The Hall–Kier alpha value is 0.270. The van der Waals surface area contributed by atoms with Gasteiger partial charge in [-0.2, -0.15) is 11.8 Å². The van der Waals surface area contributed by atoms with Gasteiger partial charge in [-0.25, -0.2) is 0 Å². The molecule has 0 amide bonds. The molecular formula is C10H23NOS. The number of nitrogens with one attached hydrogen (secondary N) is 1. The summed E-state index contributed by atoms with van der Waals surface area (Å²) in [5.74, 6) is 2.47. The van der Waals surface area contributed by atoms with E-state index in [-0.39, 0.29) is 0 Å². The lowest BCUT2D eigenvalue weighted by molar-refractivity contribution is 0.282. The predicted molar refractivity (Wildman–Crippen MR) is 61.4 cm³/mol. The van der Waals surface area contributed by atoms with Gasteiger partial charge in [-0.1, -0.05) is 6.92 Å². The Morgan fingerprint density at radius 3 is 2.77 bits per heavy atom. The first-order valence-corrected chi connectivity index (χ1v) is 6.38. The molecule has 0 rings (SSSR count). The molecule has 0 aromatic heterocycles. The summed E-state index contributed by atoms with van der Waals surface area (Å²) in [5, 5.41) is 12.0. The molecule has 0 aromatic rings. The number of aliphatic hydroxyl groups is 1. The van der Waals surface area contributed by atoms with Gasteiger partial charge in [0, 0.05) is 12.6 Å². The summed E-state index contributed by atoms with van der Waals surface area (Å²) in [5.41, 5.74) is 0. The van der Waals surface area contributed by atoms with E-state index in [0.29, 0.717) is 12.6 Å². The molecule has 0 heterocycles. The summed E-state index contributed by atoms with van der Waals surface area (Å²) in [6.45, 7) is 5.79. The van der Waals surface area contributed by atoms with Gasteiger partial charge in [0.25, 0.3) is 0 Å². The van der Waals surface area contributed by atoms with Crippen LogP contribution in [0.1, 0.15) is 33.1 Å². The Bertz CT molecular complexity index is 101. The first kappa shape index (κ1) is 13.3. The van der Waals surface area contributed by atoms with Crippen molar-refractivity contribution in [2.75, 3.05) is 24.7 Å². The summed E-state index contributed by atoms with van der Waals surface area (Å²) in [6, 6.07) is 0.623. The second-order valence-corrected chi connectivity index (χ2v) is 4.67. The van der Waals surface area contributed by atoms with Crippen LogP contribution in [0.5, 0.6) is 0 Å². The number of aliphatic hydroxyl groups excluding tert-OH is 1. The standard InChI is InChI=1S/C10H23NOS/c1-3-13-9-6-10(2)11-7-4-5-8-12/h10-12H,3-9H2,1-2H3. The first-order chi connectivity index (χ1) is 6.31. The monoisotopic (exact) mass is 205 g/mol. The van der Waals surface area contributed by atoms with E-state index < -0.39 is 0 Å². The van der Waals surface area contributed by atoms with E-state index in [1.807, 2.05) is 11.8 Å². The molecule has 0 fully saturated rings. The third-order valence-corrected chi connectivity index (χ3v) is 2.91. The van der Waals surface area contributed by atoms with E-state index in [1.165, 1.54) is 17.9 Å². The van der Waals surface area contributed by atoms with E-state index in [1.54, 1.807) is 0 Å². The predicted octanol–water partition coefficient (Wildman–Crippen LogP) is 1.88. The minimum Gasteiger partial charge on any atom is -0.396 e. The minimum absolute atomic E-state index is 0.321. The first-order valence-electron chi connectivity index (χ1n) is 5.23. The van der Waals surface area contributed by atoms with E-state index >= 15 is 0 Å². The summed E-state index contributed by atoms with van der Waals surface area (Å²) in [7, 11) is 0. The molecule has 0 saturated carbocycles. The fraction of sp³-hybridized carbons (Fsp3) is 1.00. The lowest BCUT2D eigenvalue weighted by Crippen LogP contribution is -2.27. The van der Waals surface area contributed by atoms with Gasteiger partial charge in [0.05, 0.1) is 0 Å². The van der Waals surface area contributed by atoms with Gasteiger partial charge in [0.1, 0.15) is 0 Å². The van der Waals surface area contributed by atoms with E-state index in [0.717, 1.165) is 19.4 Å². The van der Waals surface area contributed by atoms with E-state index in [4.69, 9.17) is 5.11 Å². The maximum absolute atomic E-state index is 8.57. The highest BCUT2D eigenvalue weighted by atomic mass is 32.2. The maximum Gasteiger partial charge on any atom is 0.0431 e. The van der Waals surface area contributed by atoms with Crippen LogP contribution < -0.4 is 5.32 Å². The molecule has 13 heavy (non-hydrogen) atoms. The minimum atomic E-state index is 0.321. The molecule has 2 N–H and O–H groups in total. The zero-order valence-corrected chi connectivity index (χ0v) is 9.70. The van der Waals surface area contributed by atoms with Crippen molar-refractivity contribution in [2.24, 2.45) is 0 Å². The van der Waals surface area contributed by atoms with Crippen molar-refractivity contribution in [1.82, 2.24) is 5.32 Å². The molecule has 0 saturated heterocycles. The van der Waals surface area contributed by atoms with Gasteiger partial charge in [-0.05, 0) is 44.2 Å². The molecule has 0 aliphatic heterocycles. The Morgan fingerprint density at radius 2 is 2.15 bits per heavy atom. The van der Waals surface area contributed by atoms with Crippen LogP contribution in [0.25, 0.3) is 0 Å². The quantitative estimate of drug-likeness (QED) is 0.564. The molecule has 0 aliphatic rings. The van der Waals surface area contributed by atoms with E-state index in [9.17, 15) is 0 Å². The SMILES string of the molecule is CCSCCC(C)NCCCCO. The summed E-state index contributed by atoms with van der Waals surface area (Å²) >= 11 is 2.00. The molecular weight excluding hydrogens is 182 g/mol. The Kier molecular flexibility index (Phi) is 10.6. The molecule has 3 heteroatoms. The number of thioether (sulfide) groups is 1. The van der Waals surface area contributed by atoms with Crippen LogP contribution in [0.2, 0.25) is 0 Å². The van der Waals surface area contributed by atoms with Crippen molar-refractivity contribution in [3.8, 4) is 0 Å². The summed E-state index contributed by atoms with van der Waals surface area (Å²) in [6.07, 6.45) is 3.25. The van der Waals surface area contributed by atoms with Crippen LogP contribution in [0.4, 0.5) is 0 Å². The van der Waals surface area contributed by atoms with Crippen LogP contribution in [0.15, 0.2) is 0 Å². The average molecular weight is 205 g/mol. The fourth-order valence-corrected chi connectivity index (χ4v) is 1.90. The van der Waals surface area contributed by atoms with Crippen molar-refractivity contribution < 1.29 is 5.11 Å². The Morgan fingerprint density at radius 1 is 1.38 bits per heavy atom. The van der Waals surface area contributed by atoms with Gasteiger partial charge in [0.15, 0.2) is 0 Å². The highest BCUT2D eigenvalue weighted by Crippen LogP contribution is 2.03. The molecule has 0 aliphatic carbocycles. The normalized spacial score (nSPS) is 13.2. The molecule has 0 aromatic carbocycles. The highest BCUT2D eigenvalue weighted by Gasteiger charge is 1.99. The second kappa shape index (κ2) is 10.4. The van der Waals surface area contributed by atoms with Crippen molar-refractivity contribution in [3.63, 3.8) is 0 Å². The van der Waals surface area contributed by atoms with Crippen LogP contribution in [-0.2, 0) is 0 Å². The molecule has 2 nitrogen and oxygen atoms in total. The zero-order valence-electron chi connectivity index (χ0n) is 8.88. The maximum atomic E-state index is 8.57. The smallest absolute Gasteiger partial charge is 0.0431 e. The molecule has 0 spiro atoms. The van der Waals surface area contributed by atoms with Gasteiger partial charge in [0.2, 0.25) is 0 Å². The number of unbranched alkanes of at least 4 members (excludes halogenated alkanes) is 1. The molecule has 1 atom stereocenters. The second-order valence-electron chi connectivity index (χ2n) is 3.27. The largest absolute Gasteiger partial charge is 0.396 e. The third-order valence-electron chi connectivity index (χ3n) is 1.98. The fourth-order valence-electron chi connectivity index (χ4n) is 1.09. The lowest BCUT2D eigenvalue weighted by Gasteiger charge is -2.12. The lowest BCUT2D eigenvalue weighted by atomic mass is 10.2. The van der Waals surface area contributed by atoms with E-state index in [2.05, 4.69) is 19.2 Å². The van der Waals surface area contributed by atoms with Crippen LogP contribution in [-0.4, -0.2) is 35.8 Å². The van der Waals surface area contributed by atoms with Crippen LogP contribution >= 0.6 is 11.8 Å². The molecule has 0 radical (unpaired) electrons.